The lowest BCUT2D eigenvalue weighted by atomic mass is 10.1. The van der Waals surface area contributed by atoms with Crippen LogP contribution in [-0.2, 0) is 6.42 Å². The highest BCUT2D eigenvalue weighted by molar-refractivity contribution is 5.90. The fourth-order valence-corrected chi connectivity index (χ4v) is 1.64. The Hall–Kier alpha value is -1.78. The summed E-state index contributed by atoms with van der Waals surface area (Å²) < 4.78 is 0.985. The molecule has 0 saturated carbocycles. The van der Waals surface area contributed by atoms with Crippen molar-refractivity contribution >= 4 is 12.1 Å². The maximum atomic E-state index is 10.9. The molecule has 0 atom stereocenters. The van der Waals surface area contributed by atoms with Crippen LogP contribution < -0.4 is 0 Å². The van der Waals surface area contributed by atoms with Crippen LogP contribution in [-0.4, -0.2) is 26.8 Å². The molecule has 0 fully saturated rings. The number of aromatic carboxylic acids is 1. The van der Waals surface area contributed by atoms with E-state index in [0.717, 1.165) is 23.8 Å². The molecular formula is C11H15NO4. The Balaban J connectivity index is 2.95. The highest BCUT2D eigenvalue weighted by atomic mass is 16.4. The van der Waals surface area contributed by atoms with Gasteiger partial charge in [0, 0.05) is 11.9 Å². The Bertz CT molecular complexity index is 363. The summed E-state index contributed by atoms with van der Waals surface area (Å²) in [6.07, 6.45) is 3.40. The molecule has 5 nitrogen and oxygen atoms in total. The van der Waals surface area contributed by atoms with Crippen molar-refractivity contribution in [3.05, 3.63) is 23.5 Å². The van der Waals surface area contributed by atoms with E-state index in [-0.39, 0.29) is 5.56 Å². The first-order valence-corrected chi connectivity index (χ1v) is 5.24. The number of carboxylic acid groups (broad SMARTS) is 2. The Morgan fingerprint density at radius 2 is 2.00 bits per heavy atom. The van der Waals surface area contributed by atoms with E-state index in [0.29, 0.717) is 12.1 Å². The van der Waals surface area contributed by atoms with E-state index < -0.39 is 12.1 Å². The van der Waals surface area contributed by atoms with Gasteiger partial charge in [-0.15, -0.1) is 0 Å². The molecule has 1 aromatic heterocycles. The van der Waals surface area contributed by atoms with E-state index in [1.54, 1.807) is 0 Å². The van der Waals surface area contributed by atoms with Crippen molar-refractivity contribution in [3.8, 4) is 0 Å². The van der Waals surface area contributed by atoms with Crippen LogP contribution in [0.4, 0.5) is 4.79 Å². The van der Waals surface area contributed by atoms with E-state index >= 15 is 0 Å². The molecule has 0 aliphatic carbocycles. The highest BCUT2D eigenvalue weighted by Crippen LogP contribution is 2.15. The number of aromatic nitrogens is 1. The van der Waals surface area contributed by atoms with Crippen LogP contribution in [0.2, 0.25) is 0 Å². The SMILES string of the molecule is CCCCCc1c(C(=O)O)ccn1C(=O)O. The monoisotopic (exact) mass is 225 g/mol. The van der Waals surface area contributed by atoms with Gasteiger partial charge in [-0.05, 0) is 18.9 Å². The van der Waals surface area contributed by atoms with Gasteiger partial charge in [0.05, 0.1) is 5.56 Å². The first kappa shape index (κ1) is 12.3. The molecular weight excluding hydrogens is 210 g/mol. The molecule has 0 aliphatic rings. The lowest BCUT2D eigenvalue weighted by molar-refractivity contribution is 0.0695. The van der Waals surface area contributed by atoms with E-state index in [2.05, 4.69) is 0 Å². The summed E-state index contributed by atoms with van der Waals surface area (Å²) in [4.78, 5) is 21.7. The van der Waals surface area contributed by atoms with Gasteiger partial charge in [-0.25, -0.2) is 9.59 Å². The first-order chi connectivity index (χ1) is 7.57. The minimum Gasteiger partial charge on any atom is -0.478 e. The fourth-order valence-electron chi connectivity index (χ4n) is 1.64. The average Bonchev–Trinajstić information content (AvgIpc) is 2.62. The minimum absolute atomic E-state index is 0.0819. The van der Waals surface area contributed by atoms with E-state index in [4.69, 9.17) is 10.2 Å². The van der Waals surface area contributed by atoms with Gasteiger partial charge in [0.25, 0.3) is 0 Å². The summed E-state index contributed by atoms with van der Waals surface area (Å²) in [6.45, 7) is 2.04. The van der Waals surface area contributed by atoms with Crippen LogP contribution >= 0.6 is 0 Å². The van der Waals surface area contributed by atoms with Crippen LogP contribution in [0.25, 0.3) is 0 Å². The standard InChI is InChI=1S/C11H15NO4/c1-2-3-4-5-9-8(10(13)14)6-7-12(9)11(15)16/h6-7H,2-5H2,1H3,(H,13,14)(H,15,16). The van der Waals surface area contributed by atoms with Gasteiger partial charge in [-0.3, -0.25) is 4.57 Å². The summed E-state index contributed by atoms with van der Waals surface area (Å²) in [5, 5.41) is 17.8. The number of nitrogens with zero attached hydrogens (tertiary/aromatic N) is 1. The number of rotatable bonds is 5. The van der Waals surface area contributed by atoms with Crippen LogP contribution in [0.5, 0.6) is 0 Å². The molecule has 0 amide bonds. The van der Waals surface area contributed by atoms with Gasteiger partial charge in [0.2, 0.25) is 0 Å². The summed E-state index contributed by atoms with van der Waals surface area (Å²) in [5.41, 5.74) is 0.451. The normalized spacial score (nSPS) is 10.3. The topological polar surface area (TPSA) is 79.5 Å². The smallest absolute Gasteiger partial charge is 0.415 e. The molecule has 16 heavy (non-hydrogen) atoms. The summed E-state index contributed by atoms with van der Waals surface area (Å²) >= 11 is 0. The van der Waals surface area contributed by atoms with Crippen molar-refractivity contribution in [2.45, 2.75) is 32.6 Å². The maximum absolute atomic E-state index is 10.9. The Labute approximate surface area is 93.3 Å². The second-order valence-corrected chi connectivity index (χ2v) is 3.59. The average molecular weight is 225 g/mol. The van der Waals surface area contributed by atoms with Crippen molar-refractivity contribution in [1.29, 1.82) is 0 Å². The van der Waals surface area contributed by atoms with Crippen molar-refractivity contribution in [3.63, 3.8) is 0 Å². The molecule has 88 valence electrons. The quantitative estimate of drug-likeness (QED) is 0.754. The van der Waals surface area contributed by atoms with E-state index in [9.17, 15) is 9.59 Å². The highest BCUT2D eigenvalue weighted by Gasteiger charge is 2.17. The second-order valence-electron chi connectivity index (χ2n) is 3.59. The van der Waals surface area contributed by atoms with Crippen molar-refractivity contribution in [2.24, 2.45) is 0 Å². The maximum Gasteiger partial charge on any atom is 0.415 e. The zero-order valence-corrected chi connectivity index (χ0v) is 9.14. The molecule has 0 aromatic carbocycles. The third-order valence-electron chi connectivity index (χ3n) is 2.45. The minimum atomic E-state index is -1.14. The predicted molar refractivity (Wildman–Crippen MR) is 58.0 cm³/mol. The molecule has 0 spiro atoms. The van der Waals surface area contributed by atoms with Crippen LogP contribution in [0.15, 0.2) is 12.3 Å². The van der Waals surface area contributed by atoms with Gasteiger partial charge in [-0.2, -0.15) is 0 Å². The Morgan fingerprint density at radius 3 is 2.50 bits per heavy atom. The van der Waals surface area contributed by atoms with Crippen molar-refractivity contribution in [2.75, 3.05) is 0 Å². The summed E-state index contributed by atoms with van der Waals surface area (Å²) in [7, 11) is 0. The molecule has 0 bridgehead atoms. The number of carbonyl (C=O) groups is 2. The predicted octanol–water partition coefficient (Wildman–Crippen LogP) is 2.45. The van der Waals surface area contributed by atoms with Crippen LogP contribution in [0.3, 0.4) is 0 Å². The zero-order valence-electron chi connectivity index (χ0n) is 9.14. The Kier molecular flexibility index (Phi) is 4.10. The molecule has 0 radical (unpaired) electrons. The molecule has 1 heterocycles. The van der Waals surface area contributed by atoms with E-state index in [1.807, 2.05) is 6.92 Å². The molecule has 2 N–H and O–H groups in total. The molecule has 0 aliphatic heterocycles. The number of hydrogen-bond acceptors (Lipinski definition) is 2. The third-order valence-corrected chi connectivity index (χ3v) is 2.45. The van der Waals surface area contributed by atoms with E-state index in [1.165, 1.54) is 12.3 Å². The van der Waals surface area contributed by atoms with Crippen molar-refractivity contribution < 1.29 is 19.8 Å². The lowest BCUT2D eigenvalue weighted by Crippen LogP contribution is -2.13. The largest absolute Gasteiger partial charge is 0.478 e. The van der Waals surface area contributed by atoms with Gasteiger partial charge < -0.3 is 10.2 Å². The molecule has 5 heteroatoms. The van der Waals surface area contributed by atoms with Crippen LogP contribution in [0.1, 0.15) is 42.2 Å². The van der Waals surface area contributed by atoms with Crippen molar-refractivity contribution in [1.82, 2.24) is 4.57 Å². The fraction of sp³-hybridized carbons (Fsp3) is 0.455. The van der Waals surface area contributed by atoms with Gasteiger partial charge in [0.1, 0.15) is 0 Å². The number of carboxylic acids is 1. The second kappa shape index (κ2) is 5.34. The van der Waals surface area contributed by atoms with Crippen LogP contribution in [0, 0.1) is 0 Å². The summed E-state index contributed by atoms with van der Waals surface area (Å²) in [6, 6.07) is 1.33. The zero-order chi connectivity index (χ0) is 12.1. The molecule has 0 saturated heterocycles. The van der Waals surface area contributed by atoms with Gasteiger partial charge >= 0.3 is 12.1 Å². The van der Waals surface area contributed by atoms with Gasteiger partial charge in [0.15, 0.2) is 0 Å². The van der Waals surface area contributed by atoms with Gasteiger partial charge in [-0.1, -0.05) is 19.8 Å². The summed E-state index contributed by atoms with van der Waals surface area (Å²) in [5.74, 6) is -1.08. The number of unbranched alkanes of at least 4 members (excludes halogenated alkanes) is 2. The number of hydrogen-bond donors (Lipinski definition) is 2. The molecule has 1 aromatic rings. The molecule has 1 rings (SSSR count). The third kappa shape index (κ3) is 2.62. The first-order valence-electron chi connectivity index (χ1n) is 5.24. The molecule has 0 unspecified atom stereocenters. The lowest BCUT2D eigenvalue weighted by Gasteiger charge is -2.05. The Morgan fingerprint density at radius 1 is 1.31 bits per heavy atom.